The molecule has 0 aliphatic carbocycles. The number of carbonyl (C=O) groups is 1. The molecule has 0 fully saturated rings. The topological polar surface area (TPSA) is 64.3 Å². The van der Waals surface area contributed by atoms with Gasteiger partial charge in [0.2, 0.25) is 0 Å². The van der Waals surface area contributed by atoms with E-state index in [0.717, 1.165) is 11.1 Å². The second-order valence-electron chi connectivity index (χ2n) is 6.54. The van der Waals surface area contributed by atoms with Crippen molar-refractivity contribution in [3.8, 4) is 11.5 Å². The molecule has 148 valence electrons. The van der Waals surface area contributed by atoms with Gasteiger partial charge in [0, 0.05) is 10.7 Å². The predicted molar refractivity (Wildman–Crippen MR) is 113 cm³/mol. The Bertz CT molecular complexity index is 1030. The lowest BCUT2D eigenvalue weighted by molar-refractivity contribution is 0.0937. The second kappa shape index (κ2) is 8.80. The Morgan fingerprint density at radius 1 is 1.10 bits per heavy atom. The maximum absolute atomic E-state index is 13.1. The van der Waals surface area contributed by atoms with Gasteiger partial charge >= 0.3 is 0 Å². The van der Waals surface area contributed by atoms with E-state index in [9.17, 15) is 9.18 Å². The number of halogens is 2. The van der Waals surface area contributed by atoms with Crippen LogP contribution in [0.4, 0.5) is 4.39 Å². The van der Waals surface area contributed by atoms with Crippen LogP contribution in [-0.2, 0) is 0 Å². The van der Waals surface area contributed by atoms with Crippen LogP contribution in [0.5, 0.6) is 11.5 Å². The average molecular weight is 411 g/mol. The highest BCUT2D eigenvalue weighted by atomic mass is 35.5. The van der Waals surface area contributed by atoms with Crippen molar-refractivity contribution < 1.29 is 13.9 Å². The SMILES string of the molecule is C=C(N)c1ccc(C(C)NC(=O)c2cc(Cl)ccc2Oc2ccc(F)cc2)cc1. The zero-order valence-electron chi connectivity index (χ0n) is 15.8. The van der Waals surface area contributed by atoms with Crippen molar-refractivity contribution in [1.29, 1.82) is 0 Å². The van der Waals surface area contributed by atoms with Crippen LogP contribution in [0.1, 0.15) is 34.5 Å². The number of nitrogens with two attached hydrogens (primary N) is 1. The van der Waals surface area contributed by atoms with Crippen LogP contribution in [0, 0.1) is 5.82 Å². The number of rotatable bonds is 6. The monoisotopic (exact) mass is 410 g/mol. The Morgan fingerprint density at radius 3 is 2.38 bits per heavy atom. The summed E-state index contributed by atoms with van der Waals surface area (Å²) < 4.78 is 18.9. The van der Waals surface area contributed by atoms with E-state index in [0.29, 0.717) is 22.2 Å². The fourth-order valence-corrected chi connectivity index (χ4v) is 2.91. The van der Waals surface area contributed by atoms with Crippen molar-refractivity contribution in [2.24, 2.45) is 5.73 Å². The molecule has 0 spiro atoms. The van der Waals surface area contributed by atoms with Gasteiger partial charge in [-0.2, -0.15) is 0 Å². The summed E-state index contributed by atoms with van der Waals surface area (Å²) in [6.45, 7) is 5.58. The molecule has 3 rings (SSSR count). The summed E-state index contributed by atoms with van der Waals surface area (Å²) in [5.41, 5.74) is 8.19. The summed E-state index contributed by atoms with van der Waals surface area (Å²) in [4.78, 5) is 12.9. The third-order valence-electron chi connectivity index (χ3n) is 4.36. The van der Waals surface area contributed by atoms with E-state index in [1.165, 1.54) is 30.3 Å². The molecule has 0 radical (unpaired) electrons. The summed E-state index contributed by atoms with van der Waals surface area (Å²) in [7, 11) is 0. The van der Waals surface area contributed by atoms with Crippen molar-refractivity contribution in [2.45, 2.75) is 13.0 Å². The molecule has 0 heterocycles. The molecule has 1 amide bonds. The molecule has 4 nitrogen and oxygen atoms in total. The van der Waals surface area contributed by atoms with Gasteiger partial charge in [-0.1, -0.05) is 42.4 Å². The maximum Gasteiger partial charge on any atom is 0.255 e. The number of hydrogen-bond acceptors (Lipinski definition) is 3. The van der Waals surface area contributed by atoms with Crippen molar-refractivity contribution in [2.75, 3.05) is 0 Å². The first-order chi connectivity index (χ1) is 13.8. The van der Waals surface area contributed by atoms with Crippen LogP contribution >= 0.6 is 11.6 Å². The van der Waals surface area contributed by atoms with Gasteiger partial charge in [-0.05, 0) is 60.5 Å². The van der Waals surface area contributed by atoms with Gasteiger partial charge in [0.05, 0.1) is 11.6 Å². The van der Waals surface area contributed by atoms with Crippen LogP contribution in [0.3, 0.4) is 0 Å². The number of nitrogens with one attached hydrogen (secondary N) is 1. The minimum absolute atomic E-state index is 0.264. The number of carbonyl (C=O) groups excluding carboxylic acids is 1. The molecule has 3 aromatic carbocycles. The lowest BCUT2D eigenvalue weighted by Gasteiger charge is -2.17. The molecular formula is C23H20ClFN2O2. The van der Waals surface area contributed by atoms with Gasteiger partial charge in [-0.3, -0.25) is 4.79 Å². The van der Waals surface area contributed by atoms with E-state index in [1.807, 2.05) is 31.2 Å². The molecule has 3 aromatic rings. The Hall–Kier alpha value is -3.31. The van der Waals surface area contributed by atoms with Crippen molar-refractivity contribution in [3.63, 3.8) is 0 Å². The molecule has 1 atom stereocenters. The lowest BCUT2D eigenvalue weighted by Crippen LogP contribution is -2.27. The van der Waals surface area contributed by atoms with Gasteiger partial charge in [-0.15, -0.1) is 0 Å². The summed E-state index contributed by atoms with van der Waals surface area (Å²) in [6, 6.07) is 17.5. The average Bonchev–Trinajstić information content (AvgIpc) is 2.71. The van der Waals surface area contributed by atoms with Gasteiger partial charge < -0.3 is 15.8 Å². The third kappa shape index (κ3) is 5.15. The standard InChI is InChI=1S/C23H20ClFN2O2/c1-14(26)16-3-5-17(6-4-16)15(2)27-23(28)21-13-18(24)7-12-22(21)29-20-10-8-19(25)9-11-20/h3-13,15H,1,26H2,2H3,(H,27,28). The number of amides is 1. The molecule has 0 saturated carbocycles. The molecule has 0 bridgehead atoms. The molecule has 0 aliphatic heterocycles. The van der Waals surface area contributed by atoms with Crippen LogP contribution in [-0.4, -0.2) is 5.91 Å². The van der Waals surface area contributed by atoms with Crippen molar-refractivity contribution in [1.82, 2.24) is 5.32 Å². The highest BCUT2D eigenvalue weighted by molar-refractivity contribution is 6.31. The fraction of sp³-hybridized carbons (Fsp3) is 0.0870. The van der Waals surface area contributed by atoms with Crippen molar-refractivity contribution in [3.05, 3.63) is 101 Å². The summed E-state index contributed by atoms with van der Waals surface area (Å²) in [5, 5.41) is 3.34. The normalized spacial score (nSPS) is 11.6. The predicted octanol–water partition coefficient (Wildman–Crippen LogP) is 5.69. The Labute approximate surface area is 173 Å². The van der Waals surface area contributed by atoms with Gasteiger partial charge in [-0.25, -0.2) is 4.39 Å². The van der Waals surface area contributed by atoms with E-state index in [2.05, 4.69) is 11.9 Å². The molecule has 0 saturated heterocycles. The molecule has 0 aliphatic rings. The Morgan fingerprint density at radius 2 is 1.76 bits per heavy atom. The highest BCUT2D eigenvalue weighted by Crippen LogP contribution is 2.29. The summed E-state index contributed by atoms with van der Waals surface area (Å²) in [6.07, 6.45) is 0. The summed E-state index contributed by atoms with van der Waals surface area (Å²) >= 11 is 6.08. The molecular weight excluding hydrogens is 391 g/mol. The minimum atomic E-state index is -0.371. The minimum Gasteiger partial charge on any atom is -0.457 e. The van der Waals surface area contributed by atoms with Crippen LogP contribution in [0.25, 0.3) is 5.70 Å². The maximum atomic E-state index is 13.1. The van der Waals surface area contributed by atoms with Crippen LogP contribution in [0.15, 0.2) is 73.3 Å². The van der Waals surface area contributed by atoms with Crippen LogP contribution in [0.2, 0.25) is 5.02 Å². The van der Waals surface area contributed by atoms with Gasteiger partial charge in [0.15, 0.2) is 0 Å². The second-order valence-corrected chi connectivity index (χ2v) is 6.98. The van der Waals surface area contributed by atoms with E-state index >= 15 is 0 Å². The van der Waals surface area contributed by atoms with Crippen molar-refractivity contribution >= 4 is 23.2 Å². The number of ether oxygens (including phenoxy) is 1. The lowest BCUT2D eigenvalue weighted by atomic mass is 10.0. The van der Waals surface area contributed by atoms with Crippen LogP contribution < -0.4 is 15.8 Å². The quantitative estimate of drug-likeness (QED) is 0.548. The van der Waals surface area contributed by atoms with E-state index in [1.54, 1.807) is 12.1 Å². The third-order valence-corrected chi connectivity index (χ3v) is 4.59. The van der Waals surface area contributed by atoms with E-state index < -0.39 is 0 Å². The largest absolute Gasteiger partial charge is 0.457 e. The molecule has 0 aromatic heterocycles. The highest BCUT2D eigenvalue weighted by Gasteiger charge is 2.17. The Kier molecular flexibility index (Phi) is 6.20. The zero-order valence-corrected chi connectivity index (χ0v) is 16.5. The summed E-state index contributed by atoms with van der Waals surface area (Å²) in [5.74, 6) is 0.0165. The molecule has 29 heavy (non-hydrogen) atoms. The first-order valence-corrected chi connectivity index (χ1v) is 9.30. The number of benzene rings is 3. The smallest absolute Gasteiger partial charge is 0.255 e. The van der Waals surface area contributed by atoms with Gasteiger partial charge in [0.1, 0.15) is 17.3 Å². The fourth-order valence-electron chi connectivity index (χ4n) is 2.74. The van der Waals surface area contributed by atoms with E-state index in [-0.39, 0.29) is 23.3 Å². The first kappa shape index (κ1) is 20.4. The number of hydrogen-bond donors (Lipinski definition) is 2. The Balaban J connectivity index is 1.79. The molecule has 6 heteroatoms. The van der Waals surface area contributed by atoms with Gasteiger partial charge in [0.25, 0.3) is 5.91 Å². The zero-order chi connectivity index (χ0) is 21.0. The molecule has 3 N–H and O–H groups in total. The first-order valence-electron chi connectivity index (χ1n) is 8.92. The molecule has 1 unspecified atom stereocenters. The van der Waals surface area contributed by atoms with E-state index in [4.69, 9.17) is 22.1 Å².